The van der Waals surface area contributed by atoms with Crippen LogP contribution in [0.25, 0.3) is 0 Å². The highest BCUT2D eigenvalue weighted by Crippen LogP contribution is 2.18. The Morgan fingerprint density at radius 1 is 1.63 bits per heavy atom. The van der Waals surface area contributed by atoms with Gasteiger partial charge in [-0.2, -0.15) is 0 Å². The summed E-state index contributed by atoms with van der Waals surface area (Å²) >= 11 is 1.33. The number of nitrogens with two attached hydrogens (primary N) is 2. The van der Waals surface area contributed by atoms with Gasteiger partial charge in [-0.15, -0.1) is 11.3 Å². The third-order valence-corrected chi connectivity index (χ3v) is 3.89. The summed E-state index contributed by atoms with van der Waals surface area (Å²) in [7, 11) is 0. The molecular weight excluding hydrogens is 268 g/mol. The highest BCUT2D eigenvalue weighted by atomic mass is 32.1. The third kappa shape index (κ3) is 2.91. The summed E-state index contributed by atoms with van der Waals surface area (Å²) in [5.74, 6) is -0.883. The summed E-state index contributed by atoms with van der Waals surface area (Å²) in [5, 5.41) is 2.33. The van der Waals surface area contributed by atoms with Crippen LogP contribution >= 0.6 is 11.3 Å². The lowest BCUT2D eigenvalue weighted by Crippen LogP contribution is -2.54. The summed E-state index contributed by atoms with van der Waals surface area (Å²) in [4.78, 5) is 29.2. The number of rotatable bonds is 3. The van der Waals surface area contributed by atoms with E-state index < -0.39 is 11.9 Å². The van der Waals surface area contributed by atoms with E-state index in [0.717, 1.165) is 0 Å². The molecule has 19 heavy (non-hydrogen) atoms. The average Bonchev–Trinajstić information content (AvgIpc) is 2.87. The molecule has 0 spiro atoms. The monoisotopic (exact) mass is 284 g/mol. The molecule has 1 aromatic heterocycles. The molecule has 2 rings (SSSR count). The molecule has 4 N–H and O–H groups in total. The number of nitrogens with zero attached hydrogens (tertiary/aromatic N) is 2. The Morgan fingerprint density at radius 2 is 2.37 bits per heavy atom. The molecule has 1 aromatic rings. The van der Waals surface area contributed by atoms with Crippen molar-refractivity contribution >= 4 is 23.2 Å². The van der Waals surface area contributed by atoms with Crippen LogP contribution in [0.4, 0.5) is 0 Å². The van der Waals surface area contributed by atoms with Crippen molar-refractivity contribution in [2.75, 3.05) is 19.8 Å². The summed E-state index contributed by atoms with van der Waals surface area (Å²) in [6, 6.07) is -0.954. The van der Waals surface area contributed by atoms with E-state index in [-0.39, 0.29) is 18.6 Å². The number of aromatic nitrogens is 1. The quantitative estimate of drug-likeness (QED) is 0.776. The molecule has 1 aliphatic rings. The molecular formula is C11H16N4O3S. The number of hydrogen-bond donors (Lipinski definition) is 2. The largest absolute Gasteiger partial charge is 0.377 e. The maximum atomic E-state index is 12.3. The number of ether oxygens (including phenoxy) is 1. The zero-order chi connectivity index (χ0) is 14.0. The van der Waals surface area contributed by atoms with Gasteiger partial charge in [-0.3, -0.25) is 9.59 Å². The summed E-state index contributed by atoms with van der Waals surface area (Å²) in [5.41, 5.74) is 11.3. The zero-order valence-corrected chi connectivity index (χ0v) is 11.4. The minimum Gasteiger partial charge on any atom is -0.377 e. The molecule has 2 atom stereocenters. The van der Waals surface area contributed by atoms with Crippen LogP contribution < -0.4 is 11.5 Å². The Balaban J connectivity index is 2.18. The number of carbonyl (C=O) groups excluding carboxylic acids is 2. The Labute approximate surface area is 114 Å². The Kier molecular flexibility index (Phi) is 4.13. The van der Waals surface area contributed by atoms with Crippen molar-refractivity contribution in [3.63, 3.8) is 0 Å². The van der Waals surface area contributed by atoms with E-state index in [4.69, 9.17) is 16.2 Å². The maximum absolute atomic E-state index is 12.3. The number of carbonyl (C=O) groups is 2. The van der Waals surface area contributed by atoms with Crippen molar-refractivity contribution in [1.82, 2.24) is 9.88 Å². The van der Waals surface area contributed by atoms with Gasteiger partial charge in [0.2, 0.25) is 5.91 Å². The van der Waals surface area contributed by atoms with E-state index >= 15 is 0 Å². The van der Waals surface area contributed by atoms with E-state index in [2.05, 4.69) is 4.98 Å². The van der Waals surface area contributed by atoms with Gasteiger partial charge >= 0.3 is 0 Å². The SMILES string of the molecule is CC(N)c1nc(C(=O)N2CCOCC2C(N)=O)cs1. The molecule has 0 bridgehead atoms. The van der Waals surface area contributed by atoms with Gasteiger partial charge in [0.15, 0.2) is 0 Å². The lowest BCUT2D eigenvalue weighted by atomic mass is 10.2. The van der Waals surface area contributed by atoms with Crippen LogP contribution in [0.15, 0.2) is 5.38 Å². The summed E-state index contributed by atoms with van der Waals surface area (Å²) in [6.07, 6.45) is 0. The minimum atomic E-state index is -0.735. The lowest BCUT2D eigenvalue weighted by Gasteiger charge is -2.32. The summed E-state index contributed by atoms with van der Waals surface area (Å²) < 4.78 is 5.17. The van der Waals surface area contributed by atoms with Gasteiger partial charge in [-0.1, -0.05) is 0 Å². The van der Waals surface area contributed by atoms with Crippen molar-refractivity contribution in [1.29, 1.82) is 0 Å². The van der Waals surface area contributed by atoms with Crippen molar-refractivity contribution in [2.45, 2.75) is 19.0 Å². The maximum Gasteiger partial charge on any atom is 0.274 e. The second-order valence-corrected chi connectivity index (χ2v) is 5.24. The molecule has 2 heterocycles. The van der Waals surface area contributed by atoms with Crippen LogP contribution in [-0.4, -0.2) is 47.5 Å². The first-order valence-electron chi connectivity index (χ1n) is 5.89. The fraction of sp³-hybridized carbons (Fsp3) is 0.545. The van der Waals surface area contributed by atoms with Gasteiger partial charge in [0.1, 0.15) is 16.7 Å². The highest BCUT2D eigenvalue weighted by Gasteiger charge is 2.33. The summed E-state index contributed by atoms with van der Waals surface area (Å²) in [6.45, 7) is 2.65. The van der Waals surface area contributed by atoms with Gasteiger partial charge in [0.25, 0.3) is 5.91 Å². The number of thiazole rings is 1. The van der Waals surface area contributed by atoms with Crippen LogP contribution in [0.1, 0.15) is 28.5 Å². The molecule has 0 saturated carbocycles. The number of hydrogen-bond acceptors (Lipinski definition) is 6. The van der Waals surface area contributed by atoms with Crippen LogP contribution in [0, 0.1) is 0 Å². The smallest absolute Gasteiger partial charge is 0.274 e. The molecule has 7 nitrogen and oxygen atoms in total. The van der Waals surface area contributed by atoms with Crippen molar-refractivity contribution in [2.24, 2.45) is 11.5 Å². The lowest BCUT2D eigenvalue weighted by molar-refractivity contribution is -0.127. The highest BCUT2D eigenvalue weighted by molar-refractivity contribution is 7.09. The van der Waals surface area contributed by atoms with Crippen molar-refractivity contribution in [3.05, 3.63) is 16.1 Å². The number of primary amides is 1. The van der Waals surface area contributed by atoms with Gasteiger partial charge in [-0.05, 0) is 6.92 Å². The van der Waals surface area contributed by atoms with E-state index in [1.807, 2.05) is 0 Å². The van der Waals surface area contributed by atoms with Crippen LogP contribution in [0.3, 0.4) is 0 Å². The van der Waals surface area contributed by atoms with E-state index in [1.54, 1.807) is 12.3 Å². The van der Waals surface area contributed by atoms with Gasteiger partial charge in [-0.25, -0.2) is 4.98 Å². The normalized spacial score (nSPS) is 21.2. The Morgan fingerprint density at radius 3 is 2.95 bits per heavy atom. The van der Waals surface area contributed by atoms with E-state index in [9.17, 15) is 9.59 Å². The van der Waals surface area contributed by atoms with Crippen LogP contribution in [0.5, 0.6) is 0 Å². The molecule has 0 aromatic carbocycles. The van der Waals surface area contributed by atoms with E-state index in [1.165, 1.54) is 16.2 Å². The second-order valence-electron chi connectivity index (χ2n) is 4.35. The first-order chi connectivity index (χ1) is 9.00. The Hall–Kier alpha value is -1.51. The average molecular weight is 284 g/mol. The molecule has 104 valence electrons. The first-order valence-corrected chi connectivity index (χ1v) is 6.77. The van der Waals surface area contributed by atoms with Crippen molar-refractivity contribution < 1.29 is 14.3 Å². The molecule has 8 heteroatoms. The molecule has 1 aliphatic heterocycles. The second kappa shape index (κ2) is 5.64. The van der Waals surface area contributed by atoms with Gasteiger partial charge in [0, 0.05) is 11.9 Å². The topological polar surface area (TPSA) is 112 Å². The number of morpholine rings is 1. The first kappa shape index (κ1) is 13.9. The molecule has 2 amide bonds. The van der Waals surface area contributed by atoms with Crippen LogP contribution in [-0.2, 0) is 9.53 Å². The molecule has 2 unspecified atom stereocenters. The fourth-order valence-electron chi connectivity index (χ4n) is 1.82. The van der Waals surface area contributed by atoms with Gasteiger partial charge < -0.3 is 21.1 Å². The van der Waals surface area contributed by atoms with Crippen LogP contribution in [0.2, 0.25) is 0 Å². The standard InChI is InChI=1S/C11H16N4O3S/c1-6(12)10-14-7(5-19-10)11(17)15-2-3-18-4-8(15)9(13)16/h5-6,8H,2-4,12H2,1H3,(H2,13,16). The van der Waals surface area contributed by atoms with Gasteiger partial charge in [0.05, 0.1) is 19.3 Å². The fourth-order valence-corrected chi connectivity index (χ4v) is 2.58. The minimum absolute atomic E-state index is 0.130. The third-order valence-electron chi connectivity index (χ3n) is 2.85. The molecule has 0 aliphatic carbocycles. The predicted octanol–water partition coefficient (Wildman–Crippen LogP) is -0.511. The van der Waals surface area contributed by atoms with E-state index in [0.29, 0.717) is 23.9 Å². The van der Waals surface area contributed by atoms with Crippen molar-refractivity contribution in [3.8, 4) is 0 Å². The molecule has 0 radical (unpaired) electrons. The molecule has 1 saturated heterocycles. The number of amides is 2. The molecule has 1 fully saturated rings. The Bertz CT molecular complexity index is 488. The predicted molar refractivity (Wildman–Crippen MR) is 69.6 cm³/mol. The zero-order valence-electron chi connectivity index (χ0n) is 10.5.